The summed E-state index contributed by atoms with van der Waals surface area (Å²) in [5.74, 6) is 0.734. The van der Waals surface area contributed by atoms with Crippen molar-refractivity contribution < 1.29 is 4.79 Å². The van der Waals surface area contributed by atoms with E-state index >= 15 is 0 Å². The molecule has 0 aromatic carbocycles. The van der Waals surface area contributed by atoms with Crippen LogP contribution in [0.3, 0.4) is 0 Å². The summed E-state index contributed by atoms with van der Waals surface area (Å²) >= 11 is 1.78. The van der Waals surface area contributed by atoms with Crippen LogP contribution >= 0.6 is 11.3 Å². The molecule has 0 saturated carbocycles. The maximum absolute atomic E-state index is 12.7. The van der Waals surface area contributed by atoms with E-state index in [1.165, 1.54) is 10.4 Å². The van der Waals surface area contributed by atoms with Crippen molar-refractivity contribution in [2.45, 2.75) is 33.2 Å². The number of nitrogens with zero attached hydrogens (tertiary/aromatic N) is 3. The van der Waals surface area contributed by atoms with Crippen molar-refractivity contribution >= 4 is 17.2 Å². The highest BCUT2D eigenvalue weighted by Crippen LogP contribution is 2.33. The molecule has 0 unspecified atom stereocenters. The van der Waals surface area contributed by atoms with Crippen molar-refractivity contribution in [3.05, 3.63) is 45.2 Å². The van der Waals surface area contributed by atoms with E-state index in [1.807, 2.05) is 18.7 Å². The maximum Gasteiger partial charge on any atom is 0.257 e. The lowest BCUT2D eigenvalue weighted by molar-refractivity contribution is 0.0677. The first-order valence-corrected chi connectivity index (χ1v) is 7.63. The smallest absolute Gasteiger partial charge is 0.257 e. The van der Waals surface area contributed by atoms with Gasteiger partial charge in [-0.15, -0.1) is 11.3 Å². The van der Waals surface area contributed by atoms with Crippen LogP contribution < -0.4 is 0 Å². The van der Waals surface area contributed by atoms with Gasteiger partial charge in [-0.25, -0.2) is 9.97 Å². The number of hydrogen-bond donors (Lipinski definition) is 0. The first-order chi connectivity index (χ1) is 9.58. The lowest BCUT2D eigenvalue weighted by Crippen LogP contribution is -2.38. The zero-order valence-electron chi connectivity index (χ0n) is 11.9. The predicted octanol–water partition coefficient (Wildman–Crippen LogP) is 2.91. The Morgan fingerprint density at radius 3 is 3.00 bits per heavy atom. The van der Waals surface area contributed by atoms with Crippen LogP contribution in [0.5, 0.6) is 0 Å². The number of aromatic nitrogens is 2. The summed E-state index contributed by atoms with van der Waals surface area (Å²) < 4.78 is 0. The Morgan fingerprint density at radius 2 is 2.25 bits per heavy atom. The Morgan fingerprint density at radius 1 is 1.45 bits per heavy atom. The fraction of sp³-hybridized carbons (Fsp3) is 0.400. The van der Waals surface area contributed by atoms with E-state index in [9.17, 15) is 4.79 Å². The van der Waals surface area contributed by atoms with Gasteiger partial charge >= 0.3 is 0 Å². The molecule has 0 aliphatic carbocycles. The molecule has 0 N–H and O–H groups in total. The molecule has 4 nitrogen and oxygen atoms in total. The van der Waals surface area contributed by atoms with Crippen LogP contribution in [0.25, 0.3) is 0 Å². The van der Waals surface area contributed by atoms with Crippen LogP contribution in [0.2, 0.25) is 0 Å². The molecule has 20 heavy (non-hydrogen) atoms. The number of aryl methyl sites for hydroxylation is 2. The van der Waals surface area contributed by atoms with E-state index in [0.717, 1.165) is 18.7 Å². The van der Waals surface area contributed by atoms with E-state index in [1.54, 1.807) is 17.5 Å². The van der Waals surface area contributed by atoms with E-state index < -0.39 is 0 Å². The zero-order chi connectivity index (χ0) is 14.3. The van der Waals surface area contributed by atoms with Crippen LogP contribution in [0, 0.1) is 13.8 Å². The Hall–Kier alpha value is -1.75. The first-order valence-electron chi connectivity index (χ1n) is 6.75. The van der Waals surface area contributed by atoms with Gasteiger partial charge < -0.3 is 4.90 Å². The highest BCUT2D eigenvalue weighted by Gasteiger charge is 2.29. The van der Waals surface area contributed by atoms with Crippen LogP contribution in [-0.4, -0.2) is 27.3 Å². The number of rotatable bonds is 1. The van der Waals surface area contributed by atoms with Crippen molar-refractivity contribution in [1.82, 2.24) is 14.9 Å². The quantitative estimate of drug-likeness (QED) is 0.810. The molecule has 3 heterocycles. The maximum atomic E-state index is 12.7. The Bertz CT molecular complexity index is 665. The molecule has 104 valence electrons. The third kappa shape index (κ3) is 2.12. The van der Waals surface area contributed by atoms with Crippen LogP contribution in [0.1, 0.15) is 45.3 Å². The lowest BCUT2D eigenvalue weighted by atomic mass is 10.0. The minimum absolute atomic E-state index is 0.0341. The topological polar surface area (TPSA) is 46.1 Å². The summed E-state index contributed by atoms with van der Waals surface area (Å²) in [5.41, 5.74) is 2.65. The fourth-order valence-electron chi connectivity index (χ4n) is 2.73. The van der Waals surface area contributed by atoms with Crippen molar-refractivity contribution in [3.63, 3.8) is 0 Å². The molecule has 0 radical (unpaired) electrons. The number of carbonyl (C=O) groups excluding carboxylic acids is 1. The van der Waals surface area contributed by atoms with Crippen LogP contribution in [0.4, 0.5) is 0 Å². The van der Waals surface area contributed by atoms with Gasteiger partial charge in [-0.2, -0.15) is 0 Å². The number of carbonyl (C=O) groups is 1. The Kier molecular flexibility index (Phi) is 3.30. The SMILES string of the molecule is Cc1ncc(C(=O)N2CCc3sccc3[C@H]2C)c(C)n1. The molecular weight excluding hydrogens is 270 g/mol. The molecule has 0 fully saturated rings. The van der Waals surface area contributed by atoms with Crippen LogP contribution in [-0.2, 0) is 6.42 Å². The van der Waals surface area contributed by atoms with Gasteiger partial charge in [0.1, 0.15) is 5.82 Å². The Labute approximate surface area is 122 Å². The molecule has 0 bridgehead atoms. The summed E-state index contributed by atoms with van der Waals surface area (Å²) in [7, 11) is 0. The van der Waals surface area contributed by atoms with E-state index in [4.69, 9.17) is 0 Å². The molecule has 2 aromatic heterocycles. The van der Waals surface area contributed by atoms with Gasteiger partial charge in [-0.3, -0.25) is 4.79 Å². The number of amides is 1. The molecule has 0 saturated heterocycles. The second-order valence-electron chi connectivity index (χ2n) is 5.14. The van der Waals surface area contributed by atoms with Crippen molar-refractivity contribution in [3.8, 4) is 0 Å². The van der Waals surface area contributed by atoms with Gasteiger partial charge in [0, 0.05) is 17.6 Å². The van der Waals surface area contributed by atoms with Gasteiger partial charge in [0.25, 0.3) is 5.91 Å². The fourth-order valence-corrected chi connectivity index (χ4v) is 3.70. The zero-order valence-corrected chi connectivity index (χ0v) is 12.7. The minimum Gasteiger partial charge on any atom is -0.331 e. The number of thiophene rings is 1. The predicted molar refractivity (Wildman–Crippen MR) is 79.0 cm³/mol. The Balaban J connectivity index is 1.92. The summed E-state index contributed by atoms with van der Waals surface area (Å²) in [5, 5.41) is 2.11. The summed E-state index contributed by atoms with van der Waals surface area (Å²) in [4.78, 5) is 24.5. The summed E-state index contributed by atoms with van der Waals surface area (Å²) in [6.07, 6.45) is 2.59. The monoisotopic (exact) mass is 287 g/mol. The first kappa shape index (κ1) is 13.2. The van der Waals surface area contributed by atoms with Gasteiger partial charge in [0.2, 0.25) is 0 Å². The summed E-state index contributed by atoms with van der Waals surface area (Å²) in [6.45, 7) is 6.56. The average molecular weight is 287 g/mol. The van der Waals surface area contributed by atoms with Gasteiger partial charge in [0.05, 0.1) is 17.3 Å². The van der Waals surface area contributed by atoms with E-state index in [0.29, 0.717) is 11.4 Å². The van der Waals surface area contributed by atoms with Gasteiger partial charge in [-0.05, 0) is 44.2 Å². The second kappa shape index (κ2) is 4.98. The molecule has 1 aliphatic heterocycles. The van der Waals surface area contributed by atoms with Crippen molar-refractivity contribution in [1.29, 1.82) is 0 Å². The van der Waals surface area contributed by atoms with E-state index in [-0.39, 0.29) is 11.9 Å². The third-order valence-electron chi connectivity index (χ3n) is 3.87. The van der Waals surface area contributed by atoms with Gasteiger partial charge in [-0.1, -0.05) is 0 Å². The van der Waals surface area contributed by atoms with Crippen molar-refractivity contribution in [2.24, 2.45) is 0 Å². The number of fused-ring (bicyclic) bond motifs is 1. The molecular formula is C15H17N3OS. The van der Waals surface area contributed by atoms with Crippen molar-refractivity contribution in [2.75, 3.05) is 6.54 Å². The normalized spacial score (nSPS) is 17.9. The molecule has 0 spiro atoms. The van der Waals surface area contributed by atoms with Gasteiger partial charge in [0.15, 0.2) is 0 Å². The number of hydrogen-bond acceptors (Lipinski definition) is 4. The minimum atomic E-state index is 0.0341. The average Bonchev–Trinajstić information content (AvgIpc) is 2.87. The molecule has 1 amide bonds. The molecule has 2 aromatic rings. The highest BCUT2D eigenvalue weighted by atomic mass is 32.1. The molecule has 5 heteroatoms. The third-order valence-corrected chi connectivity index (χ3v) is 4.86. The standard InChI is InChI=1S/C15H17N3OS/c1-9-13(8-16-11(3)17-9)15(19)18-6-4-14-12(10(18)2)5-7-20-14/h5,7-8,10H,4,6H2,1-3H3/t10-/m1/s1. The summed E-state index contributed by atoms with van der Waals surface area (Å²) in [6, 6.07) is 2.25. The van der Waals surface area contributed by atoms with Crippen LogP contribution in [0.15, 0.2) is 17.6 Å². The highest BCUT2D eigenvalue weighted by molar-refractivity contribution is 7.10. The molecule has 3 rings (SSSR count). The second-order valence-corrected chi connectivity index (χ2v) is 6.14. The lowest BCUT2D eigenvalue weighted by Gasteiger charge is -2.33. The largest absolute Gasteiger partial charge is 0.331 e. The molecule has 1 aliphatic rings. The van der Waals surface area contributed by atoms with E-state index in [2.05, 4.69) is 28.3 Å². The molecule has 1 atom stereocenters.